The molecule has 1 aliphatic carbocycles. The van der Waals surface area contributed by atoms with Crippen LogP contribution in [-0.2, 0) is 4.79 Å². The molecule has 13 heavy (non-hydrogen) atoms. The molecule has 1 aliphatic rings. The summed E-state index contributed by atoms with van der Waals surface area (Å²) in [5.74, 6) is 1.55. The molecule has 4 heteroatoms. The summed E-state index contributed by atoms with van der Waals surface area (Å²) in [4.78, 5) is 10.4. The van der Waals surface area contributed by atoms with E-state index in [4.69, 9.17) is 10.8 Å². The molecule has 1 rings (SSSR count). The molecule has 0 saturated heterocycles. The molecule has 76 valence electrons. The standard InChI is InChI=1S/C9H17NO2S/c10-8(9(11)12)6-13-5-7-3-1-2-4-7/h7-8H,1-6,10H2,(H,11,12)/t8-/m1/s1. The van der Waals surface area contributed by atoms with Gasteiger partial charge in [0.1, 0.15) is 6.04 Å². The first-order chi connectivity index (χ1) is 6.20. The first-order valence-corrected chi connectivity index (χ1v) is 5.91. The van der Waals surface area contributed by atoms with Crippen LogP contribution in [0.15, 0.2) is 0 Å². The van der Waals surface area contributed by atoms with E-state index in [2.05, 4.69) is 0 Å². The average Bonchev–Trinajstić information content (AvgIpc) is 2.56. The largest absolute Gasteiger partial charge is 0.480 e. The third-order valence-electron chi connectivity index (χ3n) is 2.44. The van der Waals surface area contributed by atoms with Crippen molar-refractivity contribution in [2.24, 2.45) is 11.7 Å². The maximum atomic E-state index is 10.4. The van der Waals surface area contributed by atoms with E-state index >= 15 is 0 Å². The second kappa shape index (κ2) is 5.50. The molecule has 0 heterocycles. The lowest BCUT2D eigenvalue weighted by atomic mass is 10.1. The van der Waals surface area contributed by atoms with Crippen LogP contribution in [-0.4, -0.2) is 28.6 Å². The monoisotopic (exact) mass is 203 g/mol. The Balaban J connectivity index is 2.02. The van der Waals surface area contributed by atoms with Gasteiger partial charge in [-0.1, -0.05) is 12.8 Å². The molecule has 1 atom stereocenters. The van der Waals surface area contributed by atoms with Gasteiger partial charge in [0, 0.05) is 5.75 Å². The Hall–Kier alpha value is -0.220. The summed E-state index contributed by atoms with van der Waals surface area (Å²) in [7, 11) is 0. The van der Waals surface area contributed by atoms with Crippen LogP contribution in [0.3, 0.4) is 0 Å². The van der Waals surface area contributed by atoms with E-state index in [9.17, 15) is 4.79 Å². The highest BCUT2D eigenvalue weighted by Crippen LogP contribution is 2.27. The van der Waals surface area contributed by atoms with Gasteiger partial charge in [-0.2, -0.15) is 11.8 Å². The molecule has 0 unspecified atom stereocenters. The highest BCUT2D eigenvalue weighted by Gasteiger charge is 2.16. The quantitative estimate of drug-likeness (QED) is 0.707. The molecule has 0 amide bonds. The Morgan fingerprint density at radius 2 is 2.15 bits per heavy atom. The Morgan fingerprint density at radius 3 is 2.69 bits per heavy atom. The van der Waals surface area contributed by atoms with E-state index < -0.39 is 12.0 Å². The highest BCUT2D eigenvalue weighted by atomic mass is 32.2. The maximum absolute atomic E-state index is 10.4. The predicted molar refractivity (Wildman–Crippen MR) is 54.9 cm³/mol. The Kier molecular flexibility index (Phi) is 4.59. The van der Waals surface area contributed by atoms with Gasteiger partial charge >= 0.3 is 5.97 Å². The summed E-state index contributed by atoms with van der Waals surface area (Å²) in [6.07, 6.45) is 5.32. The zero-order valence-corrected chi connectivity index (χ0v) is 8.55. The van der Waals surface area contributed by atoms with Crippen LogP contribution in [0.2, 0.25) is 0 Å². The molecule has 0 aromatic rings. The Labute approximate surface area is 83.1 Å². The molecular weight excluding hydrogens is 186 g/mol. The average molecular weight is 203 g/mol. The molecule has 0 aliphatic heterocycles. The molecule has 0 bridgehead atoms. The number of carboxylic acids is 1. The maximum Gasteiger partial charge on any atom is 0.321 e. The van der Waals surface area contributed by atoms with Crippen LogP contribution in [0.4, 0.5) is 0 Å². The summed E-state index contributed by atoms with van der Waals surface area (Å²) in [5, 5.41) is 8.54. The molecule has 0 spiro atoms. The number of hydrogen-bond acceptors (Lipinski definition) is 3. The molecule has 1 saturated carbocycles. The van der Waals surface area contributed by atoms with Gasteiger partial charge in [-0.25, -0.2) is 0 Å². The van der Waals surface area contributed by atoms with E-state index in [-0.39, 0.29) is 0 Å². The Morgan fingerprint density at radius 1 is 1.54 bits per heavy atom. The lowest BCUT2D eigenvalue weighted by Gasteiger charge is -2.09. The van der Waals surface area contributed by atoms with Crippen LogP contribution < -0.4 is 5.73 Å². The number of hydrogen-bond donors (Lipinski definition) is 2. The summed E-state index contributed by atoms with van der Waals surface area (Å²) in [6, 6.07) is -0.689. The molecule has 3 N–H and O–H groups in total. The van der Waals surface area contributed by atoms with Crippen molar-refractivity contribution in [3.05, 3.63) is 0 Å². The summed E-state index contributed by atoms with van der Waals surface area (Å²) < 4.78 is 0. The van der Waals surface area contributed by atoms with Crippen molar-refractivity contribution in [1.82, 2.24) is 0 Å². The normalized spacial score (nSPS) is 20.4. The van der Waals surface area contributed by atoms with Crippen LogP contribution in [0, 0.1) is 5.92 Å². The van der Waals surface area contributed by atoms with E-state index in [1.807, 2.05) is 0 Å². The lowest BCUT2D eigenvalue weighted by molar-refractivity contribution is -0.137. The predicted octanol–water partition coefficient (Wildman–Crippen LogP) is 1.32. The first-order valence-electron chi connectivity index (χ1n) is 4.76. The van der Waals surface area contributed by atoms with Crippen molar-refractivity contribution in [1.29, 1.82) is 0 Å². The number of carbonyl (C=O) groups is 1. The van der Waals surface area contributed by atoms with Crippen LogP contribution >= 0.6 is 11.8 Å². The topological polar surface area (TPSA) is 63.3 Å². The van der Waals surface area contributed by atoms with Gasteiger partial charge in [0.2, 0.25) is 0 Å². The smallest absolute Gasteiger partial charge is 0.321 e. The molecule has 0 radical (unpaired) electrons. The van der Waals surface area contributed by atoms with Crippen molar-refractivity contribution in [3.63, 3.8) is 0 Å². The fourth-order valence-corrected chi connectivity index (χ4v) is 2.81. The van der Waals surface area contributed by atoms with Crippen molar-refractivity contribution < 1.29 is 9.90 Å². The first kappa shape index (κ1) is 10.9. The zero-order chi connectivity index (χ0) is 9.68. The van der Waals surface area contributed by atoms with Gasteiger partial charge in [0.15, 0.2) is 0 Å². The molecule has 1 fully saturated rings. The van der Waals surface area contributed by atoms with Gasteiger partial charge in [0.25, 0.3) is 0 Å². The van der Waals surface area contributed by atoms with Crippen LogP contribution in [0.5, 0.6) is 0 Å². The minimum absolute atomic E-state index is 0.547. The molecule has 0 aromatic heterocycles. The van der Waals surface area contributed by atoms with Crippen molar-refractivity contribution in [3.8, 4) is 0 Å². The minimum atomic E-state index is -0.890. The summed E-state index contributed by atoms with van der Waals surface area (Å²) in [6.45, 7) is 0. The van der Waals surface area contributed by atoms with Gasteiger partial charge in [-0.3, -0.25) is 4.79 Å². The lowest BCUT2D eigenvalue weighted by Crippen LogP contribution is -2.32. The van der Waals surface area contributed by atoms with Crippen molar-refractivity contribution in [2.45, 2.75) is 31.7 Å². The number of nitrogens with two attached hydrogens (primary N) is 1. The SMILES string of the molecule is N[C@H](CSCC1CCCC1)C(=O)O. The fraction of sp³-hybridized carbons (Fsp3) is 0.889. The number of thioether (sulfide) groups is 1. The molecule has 0 aromatic carbocycles. The zero-order valence-electron chi connectivity index (χ0n) is 7.74. The fourth-order valence-electron chi connectivity index (χ4n) is 1.61. The minimum Gasteiger partial charge on any atom is -0.480 e. The van der Waals surface area contributed by atoms with E-state index in [0.717, 1.165) is 11.7 Å². The van der Waals surface area contributed by atoms with Crippen molar-refractivity contribution in [2.75, 3.05) is 11.5 Å². The molecular formula is C9H17NO2S. The number of carboxylic acid groups (broad SMARTS) is 1. The summed E-state index contributed by atoms with van der Waals surface area (Å²) >= 11 is 1.68. The third kappa shape index (κ3) is 4.00. The van der Waals surface area contributed by atoms with Gasteiger partial charge in [-0.15, -0.1) is 0 Å². The van der Waals surface area contributed by atoms with E-state index in [0.29, 0.717) is 5.75 Å². The third-order valence-corrected chi connectivity index (χ3v) is 3.74. The molecule has 3 nitrogen and oxygen atoms in total. The second-order valence-electron chi connectivity index (χ2n) is 3.63. The van der Waals surface area contributed by atoms with Gasteiger partial charge < -0.3 is 10.8 Å². The van der Waals surface area contributed by atoms with Gasteiger partial charge in [0.05, 0.1) is 0 Å². The number of aliphatic carboxylic acids is 1. The van der Waals surface area contributed by atoms with Crippen molar-refractivity contribution >= 4 is 17.7 Å². The second-order valence-corrected chi connectivity index (χ2v) is 4.71. The number of rotatable bonds is 5. The van der Waals surface area contributed by atoms with Gasteiger partial charge in [-0.05, 0) is 24.5 Å². The van der Waals surface area contributed by atoms with E-state index in [1.54, 1.807) is 11.8 Å². The Bertz CT molecular complexity index is 169. The van der Waals surface area contributed by atoms with Crippen LogP contribution in [0.1, 0.15) is 25.7 Å². The highest BCUT2D eigenvalue weighted by molar-refractivity contribution is 7.99. The van der Waals surface area contributed by atoms with Crippen LogP contribution in [0.25, 0.3) is 0 Å². The van der Waals surface area contributed by atoms with E-state index in [1.165, 1.54) is 25.7 Å². The summed E-state index contributed by atoms with van der Waals surface area (Å²) in [5.41, 5.74) is 5.38.